The van der Waals surface area contributed by atoms with Crippen LogP contribution >= 0.6 is 0 Å². The van der Waals surface area contributed by atoms with Crippen LogP contribution in [0.1, 0.15) is 24.2 Å². The number of aliphatic hydroxyl groups is 1. The SMILES string of the molecule is CCOc1cc(N)cc(C(=O)NCC(C)O)c1. The Hall–Kier alpha value is -1.75. The Kier molecular flexibility index (Phi) is 4.78. The normalized spacial score (nSPS) is 11.9. The number of amides is 1. The molecule has 0 saturated carbocycles. The second-order valence-corrected chi connectivity index (χ2v) is 3.78. The zero-order valence-electron chi connectivity index (χ0n) is 10.1. The minimum atomic E-state index is -0.577. The molecule has 1 rings (SSSR count). The van der Waals surface area contributed by atoms with Gasteiger partial charge in [0.25, 0.3) is 5.91 Å². The number of hydrogen-bond acceptors (Lipinski definition) is 4. The van der Waals surface area contributed by atoms with Crippen molar-refractivity contribution < 1.29 is 14.6 Å². The van der Waals surface area contributed by atoms with Crippen molar-refractivity contribution in [1.29, 1.82) is 0 Å². The molecular weight excluding hydrogens is 220 g/mol. The summed E-state index contributed by atoms with van der Waals surface area (Å²) in [5, 5.41) is 11.7. The fraction of sp³-hybridized carbons (Fsp3) is 0.417. The molecule has 4 N–H and O–H groups in total. The molecule has 1 unspecified atom stereocenters. The molecule has 1 aromatic rings. The van der Waals surface area contributed by atoms with Gasteiger partial charge in [-0.05, 0) is 26.0 Å². The van der Waals surface area contributed by atoms with E-state index in [1.54, 1.807) is 25.1 Å². The summed E-state index contributed by atoms with van der Waals surface area (Å²) in [5.41, 5.74) is 6.57. The van der Waals surface area contributed by atoms with Gasteiger partial charge in [-0.1, -0.05) is 0 Å². The molecule has 5 nitrogen and oxygen atoms in total. The summed E-state index contributed by atoms with van der Waals surface area (Å²) in [6.45, 7) is 4.18. The molecule has 1 atom stereocenters. The van der Waals surface area contributed by atoms with Gasteiger partial charge in [-0.2, -0.15) is 0 Å². The molecule has 1 amide bonds. The third-order valence-electron chi connectivity index (χ3n) is 2.06. The third-order valence-corrected chi connectivity index (χ3v) is 2.06. The molecule has 5 heteroatoms. The quantitative estimate of drug-likeness (QED) is 0.662. The molecule has 0 spiro atoms. The first-order chi connectivity index (χ1) is 8.02. The molecule has 0 aliphatic rings. The van der Waals surface area contributed by atoms with Crippen LogP contribution in [-0.4, -0.2) is 30.3 Å². The van der Waals surface area contributed by atoms with E-state index in [9.17, 15) is 4.79 Å². The molecule has 0 radical (unpaired) electrons. The summed E-state index contributed by atoms with van der Waals surface area (Å²) in [7, 11) is 0. The Labute approximate surface area is 101 Å². The summed E-state index contributed by atoms with van der Waals surface area (Å²) >= 11 is 0. The number of benzene rings is 1. The Morgan fingerprint density at radius 3 is 2.82 bits per heavy atom. The van der Waals surface area contributed by atoms with Crippen LogP contribution in [0.3, 0.4) is 0 Å². The highest BCUT2D eigenvalue weighted by atomic mass is 16.5. The summed E-state index contributed by atoms with van der Waals surface area (Å²) in [4.78, 5) is 11.7. The van der Waals surface area contributed by atoms with E-state index < -0.39 is 6.10 Å². The maximum absolute atomic E-state index is 11.7. The molecule has 0 aliphatic heterocycles. The molecule has 1 aromatic carbocycles. The molecule has 0 aliphatic carbocycles. The van der Waals surface area contributed by atoms with Crippen molar-refractivity contribution in [2.24, 2.45) is 0 Å². The number of aliphatic hydroxyl groups excluding tert-OH is 1. The van der Waals surface area contributed by atoms with Gasteiger partial charge >= 0.3 is 0 Å². The highest BCUT2D eigenvalue weighted by molar-refractivity contribution is 5.95. The Morgan fingerprint density at radius 2 is 2.24 bits per heavy atom. The van der Waals surface area contributed by atoms with Gasteiger partial charge in [0.1, 0.15) is 5.75 Å². The van der Waals surface area contributed by atoms with Crippen molar-refractivity contribution in [2.45, 2.75) is 20.0 Å². The number of ether oxygens (including phenoxy) is 1. The van der Waals surface area contributed by atoms with E-state index in [0.29, 0.717) is 23.6 Å². The molecular formula is C12H18N2O3. The number of carbonyl (C=O) groups excluding carboxylic acids is 1. The summed E-state index contributed by atoms with van der Waals surface area (Å²) in [6.07, 6.45) is -0.577. The van der Waals surface area contributed by atoms with Crippen LogP contribution < -0.4 is 15.8 Å². The second kappa shape index (κ2) is 6.10. The van der Waals surface area contributed by atoms with E-state index in [1.165, 1.54) is 0 Å². The largest absolute Gasteiger partial charge is 0.494 e. The lowest BCUT2D eigenvalue weighted by Crippen LogP contribution is -2.30. The zero-order chi connectivity index (χ0) is 12.8. The standard InChI is InChI=1S/C12H18N2O3/c1-3-17-11-5-9(4-10(13)6-11)12(16)14-7-8(2)15/h4-6,8,15H,3,7,13H2,1-2H3,(H,14,16). The first-order valence-electron chi connectivity index (χ1n) is 5.52. The van der Waals surface area contributed by atoms with Gasteiger partial charge in [-0.3, -0.25) is 4.79 Å². The lowest BCUT2D eigenvalue weighted by Gasteiger charge is -2.10. The van der Waals surface area contributed by atoms with Gasteiger partial charge < -0.3 is 20.9 Å². The van der Waals surface area contributed by atoms with E-state index in [1.807, 2.05) is 6.92 Å². The Balaban J connectivity index is 2.78. The van der Waals surface area contributed by atoms with Crippen LogP contribution in [0.5, 0.6) is 5.75 Å². The van der Waals surface area contributed by atoms with Crippen molar-refractivity contribution in [3.05, 3.63) is 23.8 Å². The van der Waals surface area contributed by atoms with Crippen LogP contribution in [0.2, 0.25) is 0 Å². The number of nitrogens with one attached hydrogen (secondary N) is 1. The van der Waals surface area contributed by atoms with Crippen LogP contribution in [-0.2, 0) is 0 Å². The molecule has 0 bridgehead atoms. The highest BCUT2D eigenvalue weighted by Gasteiger charge is 2.09. The van der Waals surface area contributed by atoms with Crippen molar-refractivity contribution >= 4 is 11.6 Å². The predicted octanol–water partition coefficient (Wildman–Crippen LogP) is 0.778. The summed E-state index contributed by atoms with van der Waals surface area (Å²) < 4.78 is 5.29. The van der Waals surface area contributed by atoms with Crippen LogP contribution in [0.15, 0.2) is 18.2 Å². The fourth-order valence-corrected chi connectivity index (χ4v) is 1.35. The molecule has 0 heterocycles. The van der Waals surface area contributed by atoms with Crippen LogP contribution in [0, 0.1) is 0 Å². The van der Waals surface area contributed by atoms with Crippen molar-refractivity contribution in [2.75, 3.05) is 18.9 Å². The first-order valence-corrected chi connectivity index (χ1v) is 5.52. The number of nitrogens with two attached hydrogens (primary N) is 1. The maximum atomic E-state index is 11.7. The molecule has 94 valence electrons. The zero-order valence-corrected chi connectivity index (χ0v) is 10.1. The topological polar surface area (TPSA) is 84.6 Å². The number of nitrogen functional groups attached to an aromatic ring is 1. The van der Waals surface area contributed by atoms with Gasteiger partial charge in [-0.25, -0.2) is 0 Å². The maximum Gasteiger partial charge on any atom is 0.251 e. The van der Waals surface area contributed by atoms with Crippen molar-refractivity contribution in [3.8, 4) is 5.75 Å². The minimum Gasteiger partial charge on any atom is -0.494 e. The number of carbonyl (C=O) groups is 1. The molecule has 0 fully saturated rings. The number of hydrogen-bond donors (Lipinski definition) is 3. The Bertz CT molecular complexity index is 391. The average molecular weight is 238 g/mol. The van der Waals surface area contributed by atoms with E-state index >= 15 is 0 Å². The molecule has 0 saturated heterocycles. The van der Waals surface area contributed by atoms with E-state index in [2.05, 4.69) is 5.32 Å². The van der Waals surface area contributed by atoms with Gasteiger partial charge in [0.05, 0.1) is 12.7 Å². The Morgan fingerprint density at radius 1 is 1.53 bits per heavy atom. The number of anilines is 1. The molecule has 17 heavy (non-hydrogen) atoms. The summed E-state index contributed by atoms with van der Waals surface area (Å²) in [5.74, 6) is 0.286. The lowest BCUT2D eigenvalue weighted by molar-refractivity contribution is 0.0923. The van der Waals surface area contributed by atoms with Gasteiger partial charge in [0, 0.05) is 23.9 Å². The summed E-state index contributed by atoms with van der Waals surface area (Å²) in [6, 6.07) is 4.85. The number of rotatable bonds is 5. The van der Waals surface area contributed by atoms with E-state index in [4.69, 9.17) is 15.6 Å². The monoisotopic (exact) mass is 238 g/mol. The van der Waals surface area contributed by atoms with Crippen molar-refractivity contribution in [3.63, 3.8) is 0 Å². The minimum absolute atomic E-state index is 0.206. The highest BCUT2D eigenvalue weighted by Crippen LogP contribution is 2.18. The van der Waals surface area contributed by atoms with Gasteiger partial charge in [-0.15, -0.1) is 0 Å². The van der Waals surface area contributed by atoms with Gasteiger partial charge in [0.2, 0.25) is 0 Å². The molecule has 0 aromatic heterocycles. The lowest BCUT2D eigenvalue weighted by atomic mass is 10.1. The van der Waals surface area contributed by atoms with E-state index in [0.717, 1.165) is 0 Å². The van der Waals surface area contributed by atoms with E-state index in [-0.39, 0.29) is 12.5 Å². The van der Waals surface area contributed by atoms with Crippen LogP contribution in [0.4, 0.5) is 5.69 Å². The third kappa shape index (κ3) is 4.32. The average Bonchev–Trinajstić information content (AvgIpc) is 2.25. The van der Waals surface area contributed by atoms with Crippen LogP contribution in [0.25, 0.3) is 0 Å². The van der Waals surface area contributed by atoms with Gasteiger partial charge in [0.15, 0.2) is 0 Å². The smallest absolute Gasteiger partial charge is 0.251 e. The van der Waals surface area contributed by atoms with Crippen molar-refractivity contribution in [1.82, 2.24) is 5.32 Å². The first kappa shape index (κ1) is 13.3. The fourth-order valence-electron chi connectivity index (χ4n) is 1.35. The predicted molar refractivity (Wildman–Crippen MR) is 66.0 cm³/mol. The second-order valence-electron chi connectivity index (χ2n) is 3.78.